The van der Waals surface area contributed by atoms with Crippen molar-refractivity contribution >= 4 is 16.9 Å². The van der Waals surface area contributed by atoms with E-state index in [0.717, 1.165) is 10.9 Å². The third-order valence-electron chi connectivity index (χ3n) is 3.53. The lowest BCUT2D eigenvalue weighted by Gasteiger charge is -2.14. The molecule has 4 nitrogen and oxygen atoms in total. The van der Waals surface area contributed by atoms with Crippen LogP contribution in [0.4, 0.5) is 0 Å². The smallest absolute Gasteiger partial charge is 0.339 e. The maximum absolute atomic E-state index is 12.0. The summed E-state index contributed by atoms with van der Waals surface area (Å²) in [6.45, 7) is 5.91. The molecule has 0 radical (unpaired) electrons. The lowest BCUT2D eigenvalue weighted by atomic mass is 9.91. The maximum Gasteiger partial charge on any atom is 0.339 e. The lowest BCUT2D eigenvalue weighted by molar-refractivity contribution is -0.142. The van der Waals surface area contributed by atoms with Crippen LogP contribution in [0.15, 0.2) is 33.5 Å². The molecule has 1 N–H and O–H groups in total. The van der Waals surface area contributed by atoms with E-state index in [2.05, 4.69) is 0 Å². The van der Waals surface area contributed by atoms with Gasteiger partial charge in [0.2, 0.25) is 0 Å². The summed E-state index contributed by atoms with van der Waals surface area (Å²) >= 11 is 0. The van der Waals surface area contributed by atoms with Crippen LogP contribution >= 0.6 is 0 Å². The van der Waals surface area contributed by atoms with Gasteiger partial charge in [0.05, 0.1) is 5.92 Å². The summed E-state index contributed by atoms with van der Waals surface area (Å²) in [6, 6.07) is 7.33. The van der Waals surface area contributed by atoms with Gasteiger partial charge in [-0.05, 0) is 43.9 Å². The molecule has 0 bridgehead atoms. The van der Waals surface area contributed by atoms with Crippen LogP contribution in [0.3, 0.4) is 0 Å². The molecule has 21 heavy (non-hydrogen) atoms. The van der Waals surface area contributed by atoms with Crippen LogP contribution in [0.2, 0.25) is 0 Å². The van der Waals surface area contributed by atoms with Gasteiger partial charge >= 0.3 is 11.6 Å². The van der Waals surface area contributed by atoms with Crippen LogP contribution in [0, 0.1) is 18.8 Å². The Hall–Kier alpha value is -2.10. The van der Waals surface area contributed by atoms with E-state index >= 15 is 0 Å². The first-order valence-electron chi connectivity index (χ1n) is 7.13. The highest BCUT2D eigenvalue weighted by Gasteiger charge is 2.21. The van der Waals surface area contributed by atoms with Crippen molar-refractivity contribution in [3.8, 4) is 0 Å². The number of aryl methyl sites for hydroxylation is 1. The van der Waals surface area contributed by atoms with Gasteiger partial charge in [0.25, 0.3) is 0 Å². The minimum atomic E-state index is -0.868. The third-order valence-corrected chi connectivity index (χ3v) is 3.53. The van der Waals surface area contributed by atoms with E-state index in [0.29, 0.717) is 17.6 Å². The van der Waals surface area contributed by atoms with Crippen molar-refractivity contribution in [3.05, 3.63) is 45.8 Å². The Kier molecular flexibility index (Phi) is 4.46. The number of carbonyl (C=O) groups is 1. The highest BCUT2D eigenvalue weighted by atomic mass is 16.4. The molecule has 0 saturated carbocycles. The SMILES string of the molecule is Cc1ccc2oc(=O)c(CC(CC(C)C)C(=O)O)cc2c1. The highest BCUT2D eigenvalue weighted by Crippen LogP contribution is 2.20. The molecule has 4 heteroatoms. The molecule has 1 unspecified atom stereocenters. The molecule has 0 fully saturated rings. The predicted octanol–water partition coefficient (Wildman–Crippen LogP) is 3.39. The summed E-state index contributed by atoms with van der Waals surface area (Å²) in [4.78, 5) is 23.3. The standard InChI is InChI=1S/C17H20O4/c1-10(2)6-13(16(18)19)9-14-8-12-7-11(3)4-5-15(12)21-17(14)20/h4-5,7-8,10,13H,6,9H2,1-3H3,(H,18,19). The molecule has 2 rings (SSSR count). The number of carboxylic acids is 1. The van der Waals surface area contributed by atoms with Crippen LogP contribution < -0.4 is 5.63 Å². The summed E-state index contributed by atoms with van der Waals surface area (Å²) in [5.74, 6) is -1.16. The number of hydrogen-bond acceptors (Lipinski definition) is 3. The zero-order chi connectivity index (χ0) is 15.6. The first kappa shape index (κ1) is 15.3. The zero-order valence-corrected chi connectivity index (χ0v) is 12.6. The van der Waals surface area contributed by atoms with E-state index in [-0.39, 0.29) is 12.3 Å². The molecule has 0 aliphatic carbocycles. The molecular weight excluding hydrogens is 268 g/mol. The minimum Gasteiger partial charge on any atom is -0.481 e. The molecule has 1 aromatic heterocycles. The van der Waals surface area contributed by atoms with E-state index in [1.807, 2.05) is 32.9 Å². The summed E-state index contributed by atoms with van der Waals surface area (Å²) in [5.41, 5.74) is 1.59. The van der Waals surface area contributed by atoms with Crippen LogP contribution in [0.1, 0.15) is 31.4 Å². The van der Waals surface area contributed by atoms with Crippen LogP contribution in [-0.2, 0) is 11.2 Å². The van der Waals surface area contributed by atoms with Gasteiger partial charge < -0.3 is 9.52 Å². The highest BCUT2D eigenvalue weighted by molar-refractivity contribution is 5.78. The van der Waals surface area contributed by atoms with Crippen LogP contribution in [0.5, 0.6) is 0 Å². The fourth-order valence-electron chi connectivity index (χ4n) is 2.53. The van der Waals surface area contributed by atoms with Crippen molar-refractivity contribution < 1.29 is 14.3 Å². The second kappa shape index (κ2) is 6.12. The molecule has 1 heterocycles. The summed E-state index contributed by atoms with van der Waals surface area (Å²) in [7, 11) is 0. The fraction of sp³-hybridized carbons (Fsp3) is 0.412. The number of rotatable bonds is 5. The predicted molar refractivity (Wildman–Crippen MR) is 81.5 cm³/mol. The van der Waals surface area contributed by atoms with Gasteiger partial charge in [-0.1, -0.05) is 25.5 Å². The molecule has 0 amide bonds. The molecule has 1 aromatic carbocycles. The van der Waals surface area contributed by atoms with Crippen molar-refractivity contribution in [2.45, 2.75) is 33.6 Å². The van der Waals surface area contributed by atoms with E-state index < -0.39 is 17.5 Å². The fourth-order valence-corrected chi connectivity index (χ4v) is 2.53. The number of aliphatic carboxylic acids is 1. The van der Waals surface area contributed by atoms with Gasteiger partial charge in [-0.2, -0.15) is 0 Å². The number of benzene rings is 1. The lowest BCUT2D eigenvalue weighted by Crippen LogP contribution is -2.21. The summed E-state index contributed by atoms with van der Waals surface area (Å²) < 4.78 is 5.28. The Morgan fingerprint density at radius 2 is 2.00 bits per heavy atom. The summed E-state index contributed by atoms with van der Waals surface area (Å²) in [6.07, 6.45) is 0.750. The topological polar surface area (TPSA) is 67.5 Å². The second-order valence-electron chi connectivity index (χ2n) is 5.97. The van der Waals surface area contributed by atoms with Gasteiger partial charge in [0.15, 0.2) is 0 Å². The molecule has 0 aliphatic heterocycles. The van der Waals surface area contributed by atoms with Crippen molar-refractivity contribution in [2.24, 2.45) is 11.8 Å². The quantitative estimate of drug-likeness (QED) is 0.856. The van der Waals surface area contributed by atoms with Crippen molar-refractivity contribution in [1.82, 2.24) is 0 Å². The Morgan fingerprint density at radius 3 is 2.62 bits per heavy atom. The molecule has 2 aromatic rings. The van der Waals surface area contributed by atoms with E-state index in [1.165, 1.54) is 0 Å². The van der Waals surface area contributed by atoms with Crippen molar-refractivity contribution in [1.29, 1.82) is 0 Å². The Morgan fingerprint density at radius 1 is 1.29 bits per heavy atom. The van der Waals surface area contributed by atoms with Gasteiger partial charge in [-0.15, -0.1) is 0 Å². The normalized spacial score (nSPS) is 12.8. The number of carboxylic acid groups (broad SMARTS) is 1. The average Bonchev–Trinajstić information content (AvgIpc) is 2.38. The molecular formula is C17H20O4. The van der Waals surface area contributed by atoms with Gasteiger partial charge in [-0.25, -0.2) is 4.79 Å². The van der Waals surface area contributed by atoms with Crippen molar-refractivity contribution in [2.75, 3.05) is 0 Å². The zero-order valence-electron chi connectivity index (χ0n) is 12.6. The van der Waals surface area contributed by atoms with Crippen molar-refractivity contribution in [3.63, 3.8) is 0 Å². The average molecular weight is 288 g/mol. The number of fused-ring (bicyclic) bond motifs is 1. The maximum atomic E-state index is 12.0. The van der Waals surface area contributed by atoms with E-state index in [1.54, 1.807) is 12.1 Å². The molecule has 1 atom stereocenters. The first-order valence-corrected chi connectivity index (χ1v) is 7.13. The van der Waals surface area contributed by atoms with E-state index in [4.69, 9.17) is 4.42 Å². The largest absolute Gasteiger partial charge is 0.481 e. The molecule has 0 aliphatic rings. The Balaban J connectivity index is 2.38. The third kappa shape index (κ3) is 3.72. The van der Waals surface area contributed by atoms with Gasteiger partial charge in [0, 0.05) is 10.9 Å². The van der Waals surface area contributed by atoms with Crippen LogP contribution in [-0.4, -0.2) is 11.1 Å². The summed E-state index contributed by atoms with van der Waals surface area (Å²) in [5, 5.41) is 10.1. The molecule has 112 valence electrons. The monoisotopic (exact) mass is 288 g/mol. The Bertz CT molecular complexity index is 712. The van der Waals surface area contributed by atoms with Gasteiger partial charge in [0.1, 0.15) is 5.58 Å². The molecule has 0 saturated heterocycles. The second-order valence-corrected chi connectivity index (χ2v) is 5.97. The van der Waals surface area contributed by atoms with Gasteiger partial charge in [-0.3, -0.25) is 4.79 Å². The van der Waals surface area contributed by atoms with Crippen LogP contribution in [0.25, 0.3) is 11.0 Å². The van der Waals surface area contributed by atoms with E-state index in [9.17, 15) is 14.7 Å². The minimum absolute atomic E-state index is 0.208. The first-order chi connectivity index (χ1) is 9.86. The molecule has 0 spiro atoms. The Labute approximate surface area is 123 Å². The number of hydrogen-bond donors (Lipinski definition) is 1.